The van der Waals surface area contributed by atoms with Crippen molar-refractivity contribution in [3.63, 3.8) is 0 Å². The molecule has 2 aliphatic rings. The molecular formula is C16H26N2O2. The lowest BCUT2D eigenvalue weighted by molar-refractivity contribution is -0.144. The standard InChI is InChI=1S/C16H26N2O2/c1-13-7-10-18(11-14(13)20-2)15(19)16(12-17)8-5-3-4-6-9-16/h13-14H,3-11H2,1-2H3. The first kappa shape index (κ1) is 15.3. The topological polar surface area (TPSA) is 53.3 Å². The second-order valence-electron chi connectivity index (χ2n) is 6.40. The zero-order chi connectivity index (χ0) is 14.6. The molecule has 0 radical (unpaired) electrons. The third-order valence-corrected chi connectivity index (χ3v) is 5.06. The van der Waals surface area contributed by atoms with Gasteiger partial charge in [0.15, 0.2) is 0 Å². The van der Waals surface area contributed by atoms with Crippen LogP contribution in [0.15, 0.2) is 0 Å². The van der Waals surface area contributed by atoms with Crippen LogP contribution in [0.25, 0.3) is 0 Å². The van der Waals surface area contributed by atoms with E-state index in [1.807, 2.05) is 4.90 Å². The molecule has 0 bridgehead atoms. The van der Waals surface area contributed by atoms with Gasteiger partial charge in [0, 0.05) is 20.2 Å². The van der Waals surface area contributed by atoms with Crippen LogP contribution >= 0.6 is 0 Å². The van der Waals surface area contributed by atoms with Gasteiger partial charge in [0.25, 0.3) is 0 Å². The van der Waals surface area contributed by atoms with Crippen LogP contribution in [0.2, 0.25) is 0 Å². The molecule has 2 rings (SSSR count). The van der Waals surface area contributed by atoms with E-state index >= 15 is 0 Å². The highest BCUT2D eigenvalue weighted by atomic mass is 16.5. The Labute approximate surface area is 122 Å². The van der Waals surface area contributed by atoms with Crippen LogP contribution in [0.1, 0.15) is 51.9 Å². The van der Waals surface area contributed by atoms with Crippen LogP contribution in [-0.2, 0) is 9.53 Å². The van der Waals surface area contributed by atoms with E-state index < -0.39 is 5.41 Å². The average molecular weight is 278 g/mol. The predicted molar refractivity (Wildman–Crippen MR) is 76.9 cm³/mol. The van der Waals surface area contributed by atoms with Crippen LogP contribution in [0, 0.1) is 22.7 Å². The summed E-state index contributed by atoms with van der Waals surface area (Å²) in [5.41, 5.74) is -0.768. The maximum Gasteiger partial charge on any atom is 0.243 e. The number of nitrogens with zero attached hydrogens (tertiary/aromatic N) is 2. The number of nitriles is 1. The van der Waals surface area contributed by atoms with Crippen molar-refractivity contribution in [2.75, 3.05) is 20.2 Å². The number of carbonyl (C=O) groups is 1. The smallest absolute Gasteiger partial charge is 0.243 e. The van der Waals surface area contributed by atoms with Crippen molar-refractivity contribution in [3.05, 3.63) is 0 Å². The zero-order valence-corrected chi connectivity index (χ0v) is 12.7. The fourth-order valence-electron chi connectivity index (χ4n) is 3.53. The van der Waals surface area contributed by atoms with Gasteiger partial charge in [-0.2, -0.15) is 5.26 Å². The molecule has 20 heavy (non-hydrogen) atoms. The SMILES string of the molecule is COC1CN(C(=O)C2(C#N)CCCCCC2)CCC1C. The molecule has 112 valence electrons. The lowest BCUT2D eigenvalue weighted by atomic mass is 9.79. The van der Waals surface area contributed by atoms with Crippen molar-refractivity contribution in [2.45, 2.75) is 58.0 Å². The van der Waals surface area contributed by atoms with Gasteiger partial charge in [-0.3, -0.25) is 4.79 Å². The van der Waals surface area contributed by atoms with Crippen molar-refractivity contribution >= 4 is 5.91 Å². The van der Waals surface area contributed by atoms with Gasteiger partial charge < -0.3 is 9.64 Å². The van der Waals surface area contributed by atoms with E-state index in [1.165, 1.54) is 0 Å². The van der Waals surface area contributed by atoms with Gasteiger partial charge in [0.2, 0.25) is 5.91 Å². The maximum atomic E-state index is 12.9. The Morgan fingerprint density at radius 2 is 1.95 bits per heavy atom. The number of ether oxygens (including phenoxy) is 1. The largest absolute Gasteiger partial charge is 0.379 e. The lowest BCUT2D eigenvalue weighted by Crippen LogP contribution is -2.51. The van der Waals surface area contributed by atoms with Gasteiger partial charge in [-0.1, -0.05) is 32.6 Å². The minimum Gasteiger partial charge on any atom is -0.379 e. The van der Waals surface area contributed by atoms with E-state index in [0.717, 1.165) is 51.5 Å². The van der Waals surface area contributed by atoms with Crippen molar-refractivity contribution in [3.8, 4) is 6.07 Å². The summed E-state index contributed by atoms with van der Waals surface area (Å²) < 4.78 is 5.49. The summed E-state index contributed by atoms with van der Waals surface area (Å²) >= 11 is 0. The van der Waals surface area contributed by atoms with Crippen LogP contribution in [0.4, 0.5) is 0 Å². The molecule has 2 unspecified atom stereocenters. The molecule has 1 aliphatic carbocycles. The molecule has 2 fully saturated rings. The first-order valence-corrected chi connectivity index (χ1v) is 7.86. The summed E-state index contributed by atoms with van der Waals surface area (Å²) in [4.78, 5) is 14.8. The first-order chi connectivity index (χ1) is 9.63. The number of piperidine rings is 1. The van der Waals surface area contributed by atoms with E-state index in [2.05, 4.69) is 13.0 Å². The predicted octanol–water partition coefficient (Wildman–Crippen LogP) is 2.73. The molecule has 2 atom stereocenters. The van der Waals surface area contributed by atoms with Crippen molar-refractivity contribution < 1.29 is 9.53 Å². The van der Waals surface area contributed by atoms with E-state index in [4.69, 9.17) is 4.74 Å². The van der Waals surface area contributed by atoms with Gasteiger partial charge in [0.05, 0.1) is 12.2 Å². The summed E-state index contributed by atoms with van der Waals surface area (Å²) in [6.45, 7) is 3.57. The van der Waals surface area contributed by atoms with Crippen molar-refractivity contribution in [2.24, 2.45) is 11.3 Å². The molecule has 1 saturated heterocycles. The molecular weight excluding hydrogens is 252 g/mol. The molecule has 4 nitrogen and oxygen atoms in total. The molecule has 0 spiro atoms. The number of carbonyl (C=O) groups excluding carboxylic acids is 1. The number of rotatable bonds is 2. The van der Waals surface area contributed by atoms with Crippen LogP contribution in [0.3, 0.4) is 0 Å². The third-order valence-electron chi connectivity index (χ3n) is 5.06. The molecule has 0 N–H and O–H groups in total. The van der Waals surface area contributed by atoms with Gasteiger partial charge in [-0.25, -0.2) is 0 Å². The zero-order valence-electron chi connectivity index (χ0n) is 12.7. The Kier molecular flexibility index (Phi) is 5.04. The summed E-state index contributed by atoms with van der Waals surface area (Å²) in [5, 5.41) is 9.61. The van der Waals surface area contributed by atoms with E-state index in [-0.39, 0.29) is 12.0 Å². The van der Waals surface area contributed by atoms with Crippen LogP contribution in [-0.4, -0.2) is 37.1 Å². The Morgan fingerprint density at radius 1 is 1.30 bits per heavy atom. The molecule has 1 aliphatic heterocycles. The van der Waals surface area contributed by atoms with Gasteiger partial charge >= 0.3 is 0 Å². The number of hydrogen-bond donors (Lipinski definition) is 0. The fraction of sp³-hybridized carbons (Fsp3) is 0.875. The molecule has 1 saturated carbocycles. The molecule has 0 aromatic rings. The highest BCUT2D eigenvalue weighted by Crippen LogP contribution is 2.37. The molecule has 0 aromatic heterocycles. The summed E-state index contributed by atoms with van der Waals surface area (Å²) in [6, 6.07) is 2.37. The third kappa shape index (κ3) is 2.98. The Balaban J connectivity index is 2.10. The van der Waals surface area contributed by atoms with E-state index in [1.54, 1.807) is 7.11 Å². The summed E-state index contributed by atoms with van der Waals surface area (Å²) in [6.07, 6.45) is 6.82. The van der Waals surface area contributed by atoms with Crippen LogP contribution < -0.4 is 0 Å². The minimum absolute atomic E-state index is 0.0517. The Bertz CT molecular complexity index is 380. The minimum atomic E-state index is -0.768. The van der Waals surface area contributed by atoms with Crippen molar-refractivity contribution in [1.82, 2.24) is 4.90 Å². The number of likely N-dealkylation sites (tertiary alicyclic amines) is 1. The normalized spacial score (nSPS) is 30.4. The highest BCUT2D eigenvalue weighted by Gasteiger charge is 2.43. The Hall–Kier alpha value is -1.08. The Morgan fingerprint density at radius 3 is 2.50 bits per heavy atom. The maximum absolute atomic E-state index is 12.9. The second-order valence-corrected chi connectivity index (χ2v) is 6.40. The monoisotopic (exact) mass is 278 g/mol. The van der Waals surface area contributed by atoms with Crippen molar-refractivity contribution in [1.29, 1.82) is 5.26 Å². The average Bonchev–Trinajstić information content (AvgIpc) is 2.73. The van der Waals surface area contributed by atoms with Gasteiger partial charge in [-0.05, 0) is 25.2 Å². The number of amides is 1. The van der Waals surface area contributed by atoms with E-state index in [9.17, 15) is 10.1 Å². The first-order valence-electron chi connectivity index (χ1n) is 7.86. The fourth-order valence-corrected chi connectivity index (χ4v) is 3.53. The molecule has 4 heteroatoms. The van der Waals surface area contributed by atoms with Crippen LogP contribution in [0.5, 0.6) is 0 Å². The summed E-state index contributed by atoms with van der Waals surface area (Å²) in [5.74, 6) is 0.534. The molecule has 1 heterocycles. The quantitative estimate of drug-likeness (QED) is 0.730. The molecule has 0 aromatic carbocycles. The summed E-state index contributed by atoms with van der Waals surface area (Å²) in [7, 11) is 1.71. The number of methoxy groups -OCH3 is 1. The van der Waals surface area contributed by atoms with Gasteiger partial charge in [0.1, 0.15) is 5.41 Å². The second kappa shape index (κ2) is 6.58. The molecule has 1 amide bonds. The highest BCUT2D eigenvalue weighted by molar-refractivity contribution is 5.85. The lowest BCUT2D eigenvalue weighted by Gasteiger charge is -2.39. The number of hydrogen-bond acceptors (Lipinski definition) is 3. The van der Waals surface area contributed by atoms with E-state index in [0.29, 0.717) is 12.5 Å². The van der Waals surface area contributed by atoms with Gasteiger partial charge in [-0.15, -0.1) is 0 Å².